The summed E-state index contributed by atoms with van der Waals surface area (Å²) >= 11 is 1.35. The van der Waals surface area contributed by atoms with Crippen molar-refractivity contribution in [3.8, 4) is 22.8 Å². The largest absolute Gasteiger partial charge is 0.493 e. The highest BCUT2D eigenvalue weighted by Crippen LogP contribution is 2.28. The monoisotopic (exact) mass is 368 g/mol. The second-order valence-corrected chi connectivity index (χ2v) is 6.45. The number of benzene rings is 2. The molecule has 3 rings (SSSR count). The molecule has 1 aromatic heterocycles. The van der Waals surface area contributed by atoms with Gasteiger partial charge in [-0.1, -0.05) is 36.4 Å². The van der Waals surface area contributed by atoms with Gasteiger partial charge in [-0.15, -0.1) is 11.3 Å². The fraction of sp³-hybridized carbons (Fsp3) is 0.200. The van der Waals surface area contributed by atoms with Crippen LogP contribution >= 0.6 is 11.3 Å². The summed E-state index contributed by atoms with van der Waals surface area (Å²) in [6, 6.07) is 15.5. The van der Waals surface area contributed by atoms with E-state index in [0.29, 0.717) is 29.3 Å². The minimum Gasteiger partial charge on any atom is -0.493 e. The Labute approximate surface area is 156 Å². The number of thiazole rings is 1. The van der Waals surface area contributed by atoms with Crippen LogP contribution in [0.4, 0.5) is 0 Å². The first kappa shape index (κ1) is 17.9. The molecule has 5 nitrogen and oxygen atoms in total. The Morgan fingerprint density at radius 3 is 2.58 bits per heavy atom. The van der Waals surface area contributed by atoms with Crippen molar-refractivity contribution in [1.82, 2.24) is 10.3 Å². The van der Waals surface area contributed by atoms with E-state index < -0.39 is 0 Å². The van der Waals surface area contributed by atoms with Crippen LogP contribution in [0.3, 0.4) is 0 Å². The van der Waals surface area contributed by atoms with Crippen molar-refractivity contribution in [1.29, 1.82) is 0 Å². The number of amides is 1. The molecule has 6 heteroatoms. The highest BCUT2D eigenvalue weighted by Gasteiger charge is 2.15. The summed E-state index contributed by atoms with van der Waals surface area (Å²) in [5.74, 6) is 1.27. The first-order valence-electron chi connectivity index (χ1n) is 8.21. The van der Waals surface area contributed by atoms with E-state index in [2.05, 4.69) is 10.3 Å². The Balaban J connectivity index is 1.63. The molecule has 0 bridgehead atoms. The predicted molar refractivity (Wildman–Crippen MR) is 103 cm³/mol. The summed E-state index contributed by atoms with van der Waals surface area (Å²) in [5, 5.41) is 2.97. The third kappa shape index (κ3) is 4.03. The van der Waals surface area contributed by atoms with Gasteiger partial charge >= 0.3 is 0 Å². The molecular weight excluding hydrogens is 348 g/mol. The van der Waals surface area contributed by atoms with Gasteiger partial charge < -0.3 is 14.8 Å². The summed E-state index contributed by atoms with van der Waals surface area (Å²) < 4.78 is 10.5. The van der Waals surface area contributed by atoms with Crippen LogP contribution < -0.4 is 14.8 Å². The fourth-order valence-corrected chi connectivity index (χ4v) is 3.37. The molecule has 0 fully saturated rings. The molecule has 26 heavy (non-hydrogen) atoms. The average molecular weight is 368 g/mol. The fourth-order valence-electron chi connectivity index (χ4n) is 2.65. The average Bonchev–Trinajstić information content (AvgIpc) is 3.18. The highest BCUT2D eigenvalue weighted by atomic mass is 32.1. The molecule has 0 aliphatic rings. The third-order valence-corrected chi connectivity index (χ3v) is 4.79. The Kier molecular flexibility index (Phi) is 5.86. The Morgan fingerprint density at radius 2 is 1.85 bits per heavy atom. The number of ether oxygens (including phenoxy) is 2. The minimum absolute atomic E-state index is 0.105. The quantitative estimate of drug-likeness (QED) is 0.689. The summed E-state index contributed by atoms with van der Waals surface area (Å²) in [6.07, 6.45) is 0.700. The van der Waals surface area contributed by atoms with Gasteiger partial charge in [0.1, 0.15) is 4.88 Å². The predicted octanol–water partition coefficient (Wildman–Crippen LogP) is 3.80. The van der Waals surface area contributed by atoms with Crippen molar-refractivity contribution >= 4 is 17.2 Å². The van der Waals surface area contributed by atoms with Gasteiger partial charge in [0.05, 0.1) is 25.4 Å². The molecule has 0 aliphatic carbocycles. The van der Waals surface area contributed by atoms with Gasteiger partial charge in [-0.05, 0) is 24.1 Å². The van der Waals surface area contributed by atoms with E-state index in [1.165, 1.54) is 11.3 Å². The van der Waals surface area contributed by atoms with Gasteiger partial charge in [0.2, 0.25) is 0 Å². The smallest absolute Gasteiger partial charge is 0.263 e. The van der Waals surface area contributed by atoms with Crippen LogP contribution in [0.5, 0.6) is 11.5 Å². The van der Waals surface area contributed by atoms with E-state index in [1.807, 2.05) is 48.5 Å². The van der Waals surface area contributed by atoms with Gasteiger partial charge in [0.15, 0.2) is 11.5 Å². The second-order valence-electron chi connectivity index (χ2n) is 5.59. The first-order valence-corrected chi connectivity index (χ1v) is 9.09. The maximum atomic E-state index is 12.5. The molecule has 1 amide bonds. The lowest BCUT2D eigenvalue weighted by Crippen LogP contribution is -2.25. The second kappa shape index (κ2) is 8.49. The number of hydrogen-bond donors (Lipinski definition) is 1. The van der Waals surface area contributed by atoms with Gasteiger partial charge in [-0.25, -0.2) is 4.98 Å². The van der Waals surface area contributed by atoms with Crippen molar-refractivity contribution < 1.29 is 14.3 Å². The van der Waals surface area contributed by atoms with Crippen molar-refractivity contribution in [2.24, 2.45) is 0 Å². The van der Waals surface area contributed by atoms with Crippen LogP contribution in [-0.4, -0.2) is 31.7 Å². The zero-order valence-electron chi connectivity index (χ0n) is 14.7. The van der Waals surface area contributed by atoms with Crippen LogP contribution in [0.15, 0.2) is 54.0 Å². The van der Waals surface area contributed by atoms with E-state index >= 15 is 0 Å². The molecule has 0 saturated heterocycles. The van der Waals surface area contributed by atoms with Crippen LogP contribution in [0.1, 0.15) is 15.2 Å². The molecule has 2 aromatic carbocycles. The third-order valence-electron chi connectivity index (χ3n) is 3.97. The lowest BCUT2D eigenvalue weighted by molar-refractivity contribution is 0.0958. The molecule has 0 unspecified atom stereocenters. The van der Waals surface area contributed by atoms with Crippen LogP contribution in [0.2, 0.25) is 0 Å². The summed E-state index contributed by atoms with van der Waals surface area (Å²) in [5.41, 5.74) is 4.43. The number of nitrogens with one attached hydrogen (secondary N) is 1. The van der Waals surface area contributed by atoms with Gasteiger partial charge in [0.25, 0.3) is 5.91 Å². The molecule has 0 spiro atoms. The highest BCUT2D eigenvalue weighted by molar-refractivity contribution is 7.12. The summed E-state index contributed by atoms with van der Waals surface area (Å²) in [4.78, 5) is 17.5. The van der Waals surface area contributed by atoms with E-state index in [4.69, 9.17) is 9.47 Å². The Morgan fingerprint density at radius 1 is 1.08 bits per heavy atom. The zero-order valence-corrected chi connectivity index (χ0v) is 15.5. The van der Waals surface area contributed by atoms with Crippen molar-refractivity contribution in [2.75, 3.05) is 20.8 Å². The standard InChI is InChI=1S/C20H20N2O3S/c1-24-16-9-8-14(12-17(16)25-2)10-11-21-20(23)19-18(22-13-26-19)15-6-4-3-5-7-15/h3-9,12-13H,10-11H2,1-2H3,(H,21,23). The van der Waals surface area contributed by atoms with Crippen LogP contribution in [0.25, 0.3) is 11.3 Å². The Hall–Kier alpha value is -2.86. The molecule has 1 N–H and O–H groups in total. The van der Waals surface area contributed by atoms with Crippen molar-refractivity contribution in [3.05, 3.63) is 64.5 Å². The van der Waals surface area contributed by atoms with Crippen molar-refractivity contribution in [3.63, 3.8) is 0 Å². The molecule has 0 saturated carbocycles. The number of carbonyl (C=O) groups is 1. The minimum atomic E-state index is -0.105. The number of hydrogen-bond acceptors (Lipinski definition) is 5. The zero-order chi connectivity index (χ0) is 18.4. The first-order chi connectivity index (χ1) is 12.7. The lowest BCUT2D eigenvalue weighted by atomic mass is 10.1. The molecule has 0 aliphatic heterocycles. The molecule has 0 atom stereocenters. The summed E-state index contributed by atoms with van der Waals surface area (Å²) in [6.45, 7) is 0.528. The van der Waals surface area contributed by atoms with Crippen molar-refractivity contribution in [2.45, 2.75) is 6.42 Å². The van der Waals surface area contributed by atoms with Gasteiger partial charge in [0, 0.05) is 12.1 Å². The number of rotatable bonds is 7. The van der Waals surface area contributed by atoms with Crippen LogP contribution in [-0.2, 0) is 6.42 Å². The SMILES string of the molecule is COc1ccc(CCNC(=O)c2scnc2-c2ccccc2)cc1OC. The van der Waals surface area contributed by atoms with Crippen LogP contribution in [0, 0.1) is 0 Å². The number of carbonyl (C=O) groups excluding carboxylic acids is 1. The van der Waals surface area contributed by atoms with Gasteiger partial charge in [-0.3, -0.25) is 4.79 Å². The van der Waals surface area contributed by atoms with E-state index in [1.54, 1.807) is 19.7 Å². The maximum Gasteiger partial charge on any atom is 0.263 e. The summed E-state index contributed by atoms with van der Waals surface area (Å²) in [7, 11) is 3.22. The normalized spacial score (nSPS) is 10.4. The molecular formula is C20H20N2O3S. The maximum absolute atomic E-state index is 12.5. The van der Waals surface area contributed by atoms with E-state index in [0.717, 1.165) is 16.8 Å². The van der Waals surface area contributed by atoms with Gasteiger partial charge in [-0.2, -0.15) is 0 Å². The number of nitrogens with zero attached hydrogens (tertiary/aromatic N) is 1. The molecule has 134 valence electrons. The Bertz CT molecular complexity index is 878. The molecule has 3 aromatic rings. The number of aromatic nitrogens is 1. The van der Waals surface area contributed by atoms with E-state index in [-0.39, 0.29) is 5.91 Å². The molecule has 1 heterocycles. The lowest BCUT2D eigenvalue weighted by Gasteiger charge is -2.10. The molecule has 0 radical (unpaired) electrons. The van der Waals surface area contributed by atoms with E-state index in [9.17, 15) is 4.79 Å². The number of methoxy groups -OCH3 is 2. The topological polar surface area (TPSA) is 60.5 Å².